The number of aliphatic hydroxyl groups is 2. The Kier molecular flexibility index (Phi) is 9.20. The van der Waals surface area contributed by atoms with Crippen LogP contribution in [0.2, 0.25) is 0 Å². The van der Waals surface area contributed by atoms with Crippen LogP contribution in [-0.4, -0.2) is 53.9 Å². The summed E-state index contributed by atoms with van der Waals surface area (Å²) >= 11 is 0. The fraction of sp³-hybridized carbons (Fsp3) is 0.333. The molecule has 32 heavy (non-hydrogen) atoms. The molecule has 8 heteroatoms. The Labute approximate surface area is 187 Å². The smallest absolute Gasteiger partial charge is 0.259 e. The lowest BCUT2D eigenvalue weighted by Crippen LogP contribution is -2.29. The van der Waals surface area contributed by atoms with E-state index in [0.717, 1.165) is 17.7 Å². The molecule has 0 saturated carbocycles. The monoisotopic (exact) mass is 431 g/mol. The molecule has 1 aliphatic heterocycles. The van der Waals surface area contributed by atoms with Crippen LogP contribution in [0.25, 0.3) is 6.08 Å². The van der Waals surface area contributed by atoms with Gasteiger partial charge in [0.1, 0.15) is 18.2 Å². The first-order chi connectivity index (χ1) is 15.6. The van der Waals surface area contributed by atoms with E-state index in [1.54, 1.807) is 18.2 Å². The van der Waals surface area contributed by atoms with Crippen molar-refractivity contribution in [1.82, 2.24) is 4.90 Å². The molecule has 0 spiro atoms. The molecule has 0 unspecified atom stereocenters. The van der Waals surface area contributed by atoms with Gasteiger partial charge in [-0.15, -0.1) is 0 Å². The lowest BCUT2D eigenvalue weighted by Gasteiger charge is -2.22. The number of carbonyl (C=O) groups is 1. The van der Waals surface area contributed by atoms with Gasteiger partial charge in [0, 0.05) is 25.3 Å². The largest absolute Gasteiger partial charge is 0.395 e. The number of aliphatic hydroxyl groups excluding tert-OH is 2. The molecule has 8 nitrogen and oxygen atoms in total. The molecular weight excluding hydrogens is 406 g/mol. The number of carbonyl (C=O) groups excluding carboxylic acids is 1. The van der Waals surface area contributed by atoms with Crippen molar-refractivity contribution in [2.24, 2.45) is 0 Å². The van der Waals surface area contributed by atoms with Gasteiger partial charge in [-0.1, -0.05) is 31.6 Å². The van der Waals surface area contributed by atoms with Crippen molar-refractivity contribution >= 4 is 17.7 Å². The van der Waals surface area contributed by atoms with Crippen LogP contribution in [0, 0.1) is 34.0 Å². The van der Waals surface area contributed by atoms with E-state index in [0.29, 0.717) is 26.1 Å². The number of rotatable bonds is 10. The van der Waals surface area contributed by atoms with Gasteiger partial charge in [0.25, 0.3) is 5.91 Å². The number of hydrogen-bond donors (Lipinski definition) is 2. The number of amides is 1. The molecule has 1 aromatic carbocycles. The summed E-state index contributed by atoms with van der Waals surface area (Å²) in [6, 6.07) is 12.9. The predicted octanol–water partition coefficient (Wildman–Crippen LogP) is 2.25. The molecule has 0 radical (unpaired) electrons. The summed E-state index contributed by atoms with van der Waals surface area (Å²) in [5.41, 5.74) is 1.60. The summed E-state index contributed by atoms with van der Waals surface area (Å²) in [4.78, 5) is 16.2. The van der Waals surface area contributed by atoms with E-state index < -0.39 is 5.91 Å². The maximum atomic E-state index is 13.0. The molecule has 164 valence electrons. The first-order valence-electron chi connectivity index (χ1n) is 10.3. The van der Waals surface area contributed by atoms with Crippen LogP contribution >= 0.6 is 0 Å². The Morgan fingerprint density at radius 1 is 1.06 bits per heavy atom. The third-order valence-corrected chi connectivity index (χ3v) is 5.00. The minimum Gasteiger partial charge on any atom is -0.395 e. The molecule has 1 amide bonds. The van der Waals surface area contributed by atoms with Crippen LogP contribution in [0.3, 0.4) is 0 Å². The van der Waals surface area contributed by atoms with Crippen LogP contribution in [-0.2, 0) is 4.79 Å². The molecular formula is C24H25N5O3. The first-order valence-corrected chi connectivity index (χ1v) is 10.3. The van der Waals surface area contributed by atoms with E-state index in [2.05, 4.69) is 0 Å². The Balaban J connectivity index is 2.39. The summed E-state index contributed by atoms with van der Waals surface area (Å²) in [5, 5.41) is 46.7. The number of hydrogen-bond acceptors (Lipinski definition) is 7. The summed E-state index contributed by atoms with van der Waals surface area (Å²) in [6.07, 6.45) is 4.72. The van der Waals surface area contributed by atoms with E-state index in [4.69, 9.17) is 0 Å². The molecule has 0 bridgehead atoms. The highest BCUT2D eigenvalue weighted by atomic mass is 16.3. The van der Waals surface area contributed by atoms with Crippen molar-refractivity contribution in [3.8, 4) is 18.2 Å². The third kappa shape index (κ3) is 5.42. The quantitative estimate of drug-likeness (QED) is 0.542. The Bertz CT molecular complexity index is 1030. The molecule has 0 atom stereocenters. The maximum Gasteiger partial charge on any atom is 0.259 e. The SMILES string of the molecule is CCCCN1C(=O)C(/C=C/c2ccc(N(CCO)CCO)cc2)=C(C#N)C1=C(C#N)C#N. The molecule has 0 aromatic heterocycles. The van der Waals surface area contributed by atoms with Crippen molar-refractivity contribution < 1.29 is 15.0 Å². The normalized spacial score (nSPS) is 13.3. The lowest BCUT2D eigenvalue weighted by molar-refractivity contribution is -0.124. The zero-order chi connectivity index (χ0) is 23.5. The summed E-state index contributed by atoms with van der Waals surface area (Å²) in [7, 11) is 0. The standard InChI is InChI=1S/C24H25N5O3/c1-2-3-10-29-23(19(15-25)16-26)22(17-27)21(24(29)32)9-6-18-4-7-20(8-5-18)28(11-13-30)12-14-31/h4-9,30-31H,2-3,10-14H2,1H3/b9-6+. The molecule has 1 aliphatic rings. The van der Waals surface area contributed by atoms with Crippen LogP contribution in [0.5, 0.6) is 0 Å². The molecule has 2 rings (SSSR count). The van der Waals surface area contributed by atoms with Gasteiger partial charge in [0.05, 0.1) is 30.1 Å². The van der Waals surface area contributed by atoms with E-state index in [9.17, 15) is 30.8 Å². The van der Waals surface area contributed by atoms with Crippen LogP contribution in [0.1, 0.15) is 25.3 Å². The van der Waals surface area contributed by atoms with E-state index >= 15 is 0 Å². The topological polar surface area (TPSA) is 135 Å². The Morgan fingerprint density at radius 3 is 2.19 bits per heavy atom. The maximum absolute atomic E-state index is 13.0. The average molecular weight is 431 g/mol. The van der Waals surface area contributed by atoms with Gasteiger partial charge in [0.15, 0.2) is 5.57 Å². The number of allylic oxidation sites excluding steroid dienone is 2. The fourth-order valence-corrected chi connectivity index (χ4v) is 3.39. The second-order valence-electron chi connectivity index (χ2n) is 7.02. The minimum absolute atomic E-state index is 0.0224. The van der Waals surface area contributed by atoms with Crippen LogP contribution in [0.15, 0.2) is 52.8 Å². The summed E-state index contributed by atoms with van der Waals surface area (Å²) in [6.45, 7) is 3.00. The van der Waals surface area contributed by atoms with Gasteiger partial charge in [-0.2, -0.15) is 15.8 Å². The molecule has 2 N–H and O–H groups in total. The fourth-order valence-electron chi connectivity index (χ4n) is 3.39. The van der Waals surface area contributed by atoms with E-state index in [-0.39, 0.29) is 35.6 Å². The number of anilines is 1. The Morgan fingerprint density at radius 2 is 1.69 bits per heavy atom. The van der Waals surface area contributed by atoms with Gasteiger partial charge >= 0.3 is 0 Å². The highest BCUT2D eigenvalue weighted by Crippen LogP contribution is 2.33. The predicted molar refractivity (Wildman–Crippen MR) is 119 cm³/mol. The minimum atomic E-state index is -0.405. The lowest BCUT2D eigenvalue weighted by atomic mass is 10.1. The second kappa shape index (κ2) is 12.1. The number of benzene rings is 1. The third-order valence-electron chi connectivity index (χ3n) is 5.00. The van der Waals surface area contributed by atoms with Crippen molar-refractivity contribution in [3.05, 3.63) is 58.3 Å². The van der Waals surface area contributed by atoms with Gasteiger partial charge in [0.2, 0.25) is 0 Å². The van der Waals surface area contributed by atoms with Crippen molar-refractivity contribution in [2.45, 2.75) is 19.8 Å². The highest BCUT2D eigenvalue weighted by molar-refractivity contribution is 6.05. The number of nitrogens with zero attached hydrogens (tertiary/aromatic N) is 5. The second-order valence-corrected chi connectivity index (χ2v) is 7.02. The van der Waals surface area contributed by atoms with Crippen molar-refractivity contribution in [2.75, 3.05) is 37.7 Å². The highest BCUT2D eigenvalue weighted by Gasteiger charge is 2.36. The van der Waals surface area contributed by atoms with Gasteiger partial charge < -0.3 is 20.0 Å². The molecule has 0 fully saturated rings. The van der Waals surface area contributed by atoms with Gasteiger partial charge in [-0.05, 0) is 30.2 Å². The zero-order valence-electron chi connectivity index (χ0n) is 18.0. The summed E-state index contributed by atoms with van der Waals surface area (Å²) in [5.74, 6) is -0.405. The molecule has 0 saturated heterocycles. The molecule has 1 heterocycles. The van der Waals surface area contributed by atoms with Gasteiger partial charge in [-0.25, -0.2) is 0 Å². The number of unbranched alkanes of at least 4 members (excludes halogenated alkanes) is 1. The zero-order valence-corrected chi connectivity index (χ0v) is 18.0. The number of nitriles is 3. The van der Waals surface area contributed by atoms with Gasteiger partial charge in [-0.3, -0.25) is 4.79 Å². The molecule has 1 aromatic rings. The van der Waals surface area contributed by atoms with E-state index in [1.165, 1.54) is 11.0 Å². The van der Waals surface area contributed by atoms with Crippen molar-refractivity contribution in [1.29, 1.82) is 15.8 Å². The van der Waals surface area contributed by atoms with Crippen LogP contribution in [0.4, 0.5) is 5.69 Å². The molecule has 0 aliphatic carbocycles. The van der Waals surface area contributed by atoms with E-state index in [1.807, 2.05) is 42.2 Å². The first kappa shape index (κ1) is 24.4. The van der Waals surface area contributed by atoms with Crippen LogP contribution < -0.4 is 4.90 Å². The van der Waals surface area contributed by atoms with Crippen molar-refractivity contribution in [3.63, 3.8) is 0 Å². The average Bonchev–Trinajstić information content (AvgIpc) is 3.08. The Hall–Kier alpha value is -3.90. The summed E-state index contributed by atoms with van der Waals surface area (Å²) < 4.78 is 0.